The molecule has 0 spiro atoms. The van der Waals surface area contributed by atoms with Crippen LogP contribution in [0.4, 0.5) is 10.8 Å². The van der Waals surface area contributed by atoms with E-state index in [-0.39, 0.29) is 12.7 Å². The van der Waals surface area contributed by atoms with E-state index in [1.807, 2.05) is 18.3 Å². The second-order valence-electron chi connectivity index (χ2n) is 9.08. The number of hydrogen-bond donors (Lipinski definition) is 2. The lowest BCUT2D eigenvalue weighted by Gasteiger charge is -2.28. The standard InChI is InChI=1S/C28H24N4O3S/c33-27(29-12-11-18-15-30-21-9-3-2-8-19(18)21)20-14-23-25(35-16-34-23)26-24(20)31-28(36-26)32-13-5-7-17-6-1-4-10-22(17)32/h1-4,6,8-10,14-15,30H,5,7,11-13,16H2,(H,29,33). The van der Waals surface area contributed by atoms with Crippen molar-refractivity contribution in [2.75, 3.05) is 24.8 Å². The fourth-order valence-electron chi connectivity index (χ4n) is 5.18. The predicted octanol–water partition coefficient (Wildman–Crippen LogP) is 5.56. The van der Waals surface area contributed by atoms with Crippen molar-refractivity contribution in [2.45, 2.75) is 19.3 Å². The van der Waals surface area contributed by atoms with E-state index in [1.165, 1.54) is 22.2 Å². The van der Waals surface area contributed by atoms with Gasteiger partial charge in [-0.05, 0) is 48.6 Å². The Labute approximate surface area is 211 Å². The molecule has 1 amide bonds. The predicted molar refractivity (Wildman–Crippen MR) is 142 cm³/mol. The van der Waals surface area contributed by atoms with Crippen molar-refractivity contribution >= 4 is 49.2 Å². The topological polar surface area (TPSA) is 79.5 Å². The van der Waals surface area contributed by atoms with Gasteiger partial charge in [-0.15, -0.1) is 0 Å². The molecule has 0 radical (unpaired) electrons. The van der Waals surface area contributed by atoms with Crippen LogP contribution in [0.25, 0.3) is 21.1 Å². The van der Waals surface area contributed by atoms with Crippen LogP contribution in [0.1, 0.15) is 27.9 Å². The van der Waals surface area contributed by atoms with Gasteiger partial charge in [-0.3, -0.25) is 4.79 Å². The first-order chi connectivity index (χ1) is 17.8. The molecule has 0 saturated heterocycles. The van der Waals surface area contributed by atoms with Gasteiger partial charge in [-0.2, -0.15) is 0 Å². The van der Waals surface area contributed by atoms with Crippen LogP contribution in [0, 0.1) is 0 Å². The number of rotatable bonds is 5. The third-order valence-corrected chi connectivity index (χ3v) is 8.01. The summed E-state index contributed by atoms with van der Waals surface area (Å²) in [5, 5.41) is 5.14. The second-order valence-corrected chi connectivity index (χ2v) is 10.1. The highest BCUT2D eigenvalue weighted by atomic mass is 32.1. The zero-order valence-electron chi connectivity index (χ0n) is 19.5. The number of thiazole rings is 1. The van der Waals surface area contributed by atoms with Gasteiger partial charge in [0, 0.05) is 35.9 Å². The van der Waals surface area contributed by atoms with Gasteiger partial charge in [0.25, 0.3) is 5.91 Å². The molecule has 3 aromatic carbocycles. The van der Waals surface area contributed by atoms with Gasteiger partial charge >= 0.3 is 0 Å². The molecular weight excluding hydrogens is 472 g/mol. The summed E-state index contributed by atoms with van der Waals surface area (Å²) in [6.07, 6.45) is 4.87. The minimum atomic E-state index is -0.158. The Kier molecular flexibility index (Phi) is 5.06. The second kappa shape index (κ2) is 8.57. The number of nitrogens with one attached hydrogen (secondary N) is 2. The summed E-state index contributed by atoms with van der Waals surface area (Å²) >= 11 is 1.55. The Morgan fingerprint density at radius 1 is 1.14 bits per heavy atom. The Bertz CT molecular complexity index is 1620. The number of carbonyl (C=O) groups is 1. The zero-order chi connectivity index (χ0) is 24.1. The quantitative estimate of drug-likeness (QED) is 0.333. The summed E-state index contributed by atoms with van der Waals surface area (Å²) < 4.78 is 12.3. The first-order valence-corrected chi connectivity index (χ1v) is 13.0. The van der Waals surface area contributed by atoms with Gasteiger partial charge in [-0.1, -0.05) is 47.7 Å². The highest BCUT2D eigenvalue weighted by molar-refractivity contribution is 7.22. The van der Waals surface area contributed by atoms with E-state index in [0.29, 0.717) is 29.1 Å². The van der Waals surface area contributed by atoms with Gasteiger partial charge in [0.15, 0.2) is 16.6 Å². The SMILES string of the molecule is O=C(NCCc1c[nH]c2ccccc12)c1cc2c(c3sc(N4CCCc5ccccc54)nc13)OCO2. The molecule has 8 heteroatoms. The fraction of sp³-hybridized carbons (Fsp3) is 0.214. The lowest BCUT2D eigenvalue weighted by atomic mass is 10.0. The third-order valence-electron chi connectivity index (χ3n) is 6.93. The van der Waals surface area contributed by atoms with Gasteiger partial charge < -0.3 is 24.7 Å². The van der Waals surface area contributed by atoms with Crippen molar-refractivity contribution in [1.29, 1.82) is 0 Å². The monoisotopic (exact) mass is 496 g/mol. The summed E-state index contributed by atoms with van der Waals surface area (Å²) in [6, 6.07) is 18.4. The molecule has 2 aliphatic heterocycles. The Hall–Kier alpha value is -4.04. The maximum Gasteiger partial charge on any atom is 0.253 e. The molecule has 0 atom stereocenters. The minimum absolute atomic E-state index is 0.149. The number of amides is 1. The normalized spacial score (nSPS) is 14.4. The summed E-state index contributed by atoms with van der Waals surface area (Å²) in [5.41, 5.74) is 5.96. The summed E-state index contributed by atoms with van der Waals surface area (Å²) in [7, 11) is 0. The number of hydrogen-bond acceptors (Lipinski definition) is 6. The number of ether oxygens (including phenoxy) is 2. The number of nitrogens with zero attached hydrogens (tertiary/aromatic N) is 2. The van der Waals surface area contributed by atoms with Crippen LogP contribution in [0.15, 0.2) is 60.8 Å². The molecule has 0 bridgehead atoms. The number of para-hydroxylation sites is 2. The molecule has 2 aromatic heterocycles. The lowest BCUT2D eigenvalue weighted by molar-refractivity contribution is 0.0955. The average Bonchev–Trinajstić information content (AvgIpc) is 3.66. The fourth-order valence-corrected chi connectivity index (χ4v) is 6.31. The van der Waals surface area contributed by atoms with Crippen LogP contribution in [0.5, 0.6) is 11.5 Å². The maximum absolute atomic E-state index is 13.4. The van der Waals surface area contributed by atoms with Crippen molar-refractivity contribution in [2.24, 2.45) is 0 Å². The number of aromatic amines is 1. The first kappa shape index (κ1) is 21.3. The van der Waals surface area contributed by atoms with E-state index in [2.05, 4.69) is 51.6 Å². The van der Waals surface area contributed by atoms with E-state index in [9.17, 15) is 4.79 Å². The molecular formula is C28H24N4O3S. The molecule has 7 nitrogen and oxygen atoms in total. The number of anilines is 2. The largest absolute Gasteiger partial charge is 0.454 e. The van der Waals surface area contributed by atoms with Crippen LogP contribution < -0.4 is 19.7 Å². The van der Waals surface area contributed by atoms with E-state index in [0.717, 1.165) is 41.2 Å². The molecule has 2 aliphatic rings. The smallest absolute Gasteiger partial charge is 0.253 e. The van der Waals surface area contributed by atoms with E-state index in [1.54, 1.807) is 17.4 Å². The Morgan fingerprint density at radius 2 is 2.03 bits per heavy atom. The molecule has 36 heavy (non-hydrogen) atoms. The highest BCUT2D eigenvalue weighted by Gasteiger charge is 2.28. The van der Waals surface area contributed by atoms with Crippen molar-refractivity contribution in [1.82, 2.24) is 15.3 Å². The number of aryl methyl sites for hydroxylation is 1. The number of benzene rings is 3. The van der Waals surface area contributed by atoms with Crippen molar-refractivity contribution in [3.8, 4) is 11.5 Å². The van der Waals surface area contributed by atoms with Crippen LogP contribution in [0.3, 0.4) is 0 Å². The van der Waals surface area contributed by atoms with Crippen LogP contribution in [-0.4, -0.2) is 35.8 Å². The van der Waals surface area contributed by atoms with E-state index >= 15 is 0 Å². The zero-order valence-corrected chi connectivity index (χ0v) is 20.4. The third kappa shape index (κ3) is 3.48. The van der Waals surface area contributed by atoms with Crippen molar-refractivity contribution in [3.63, 3.8) is 0 Å². The van der Waals surface area contributed by atoms with Crippen molar-refractivity contribution < 1.29 is 14.3 Å². The highest BCUT2D eigenvalue weighted by Crippen LogP contribution is 2.47. The minimum Gasteiger partial charge on any atom is -0.454 e. The lowest BCUT2D eigenvalue weighted by Crippen LogP contribution is -2.26. The van der Waals surface area contributed by atoms with E-state index < -0.39 is 0 Å². The van der Waals surface area contributed by atoms with Crippen LogP contribution >= 0.6 is 11.3 Å². The molecule has 180 valence electrons. The Balaban J connectivity index is 1.20. The Morgan fingerprint density at radius 3 is 3.00 bits per heavy atom. The van der Waals surface area contributed by atoms with Gasteiger partial charge in [0.2, 0.25) is 6.79 Å². The summed E-state index contributed by atoms with van der Waals surface area (Å²) in [4.78, 5) is 23.9. The molecule has 0 aliphatic carbocycles. The summed E-state index contributed by atoms with van der Waals surface area (Å²) in [6.45, 7) is 1.56. The summed E-state index contributed by atoms with van der Waals surface area (Å²) in [5.74, 6) is 1.11. The van der Waals surface area contributed by atoms with Gasteiger partial charge in [0.05, 0.1) is 5.56 Å². The molecule has 2 N–H and O–H groups in total. The number of H-pyrrole nitrogens is 1. The molecule has 0 saturated carbocycles. The van der Waals surface area contributed by atoms with E-state index in [4.69, 9.17) is 14.5 Å². The van der Waals surface area contributed by atoms with Crippen LogP contribution in [0.2, 0.25) is 0 Å². The first-order valence-electron chi connectivity index (χ1n) is 12.2. The van der Waals surface area contributed by atoms with Gasteiger partial charge in [-0.25, -0.2) is 4.98 Å². The maximum atomic E-state index is 13.4. The average molecular weight is 497 g/mol. The van der Waals surface area contributed by atoms with Gasteiger partial charge in [0.1, 0.15) is 10.2 Å². The molecule has 7 rings (SSSR count). The van der Waals surface area contributed by atoms with Crippen molar-refractivity contribution in [3.05, 3.63) is 77.5 Å². The molecule has 0 unspecified atom stereocenters. The van der Waals surface area contributed by atoms with Crippen LogP contribution in [-0.2, 0) is 12.8 Å². The number of aromatic nitrogens is 2. The molecule has 0 fully saturated rings. The molecule has 5 aromatic rings. The number of fused-ring (bicyclic) bond motifs is 5. The molecule has 4 heterocycles. The number of carbonyl (C=O) groups excluding carboxylic acids is 1.